The summed E-state index contributed by atoms with van der Waals surface area (Å²) in [6.07, 6.45) is 7.08. The summed E-state index contributed by atoms with van der Waals surface area (Å²) in [5, 5.41) is 4.05. The first-order chi connectivity index (χ1) is 15.5. The minimum atomic E-state index is -0.0984. The number of rotatable bonds is 6. The Hall–Kier alpha value is -2.24. The average Bonchev–Trinajstić information content (AvgIpc) is 2.79. The first-order valence-corrected chi connectivity index (χ1v) is 12.5. The monoisotopic (exact) mass is 468 g/mol. The van der Waals surface area contributed by atoms with Gasteiger partial charge in [0, 0.05) is 22.9 Å². The molecule has 4 nitrogen and oxygen atoms in total. The molecular formula is C26H29ClN2O2S. The molecule has 4 rings (SSSR count). The van der Waals surface area contributed by atoms with Crippen LogP contribution in [0, 0.1) is 6.92 Å². The van der Waals surface area contributed by atoms with E-state index in [4.69, 9.17) is 11.6 Å². The highest BCUT2D eigenvalue weighted by molar-refractivity contribution is 8.04. The van der Waals surface area contributed by atoms with Crippen molar-refractivity contribution in [3.05, 3.63) is 75.1 Å². The first kappa shape index (κ1) is 22.9. The SMILES string of the molecule is Cc1ccccc1/C=C1\SC2CCCCC2N(CC(=O)NCCc2ccc(Cl)cc2)C1=O. The molecule has 168 valence electrons. The van der Waals surface area contributed by atoms with Gasteiger partial charge in [-0.15, -0.1) is 11.8 Å². The molecule has 0 radical (unpaired) electrons. The van der Waals surface area contributed by atoms with Gasteiger partial charge in [0.15, 0.2) is 0 Å². The molecule has 2 aromatic carbocycles. The minimum Gasteiger partial charge on any atom is -0.354 e. The van der Waals surface area contributed by atoms with Crippen molar-refractivity contribution >= 4 is 41.3 Å². The topological polar surface area (TPSA) is 49.4 Å². The van der Waals surface area contributed by atoms with Crippen molar-refractivity contribution in [2.75, 3.05) is 13.1 Å². The molecule has 6 heteroatoms. The van der Waals surface area contributed by atoms with Crippen molar-refractivity contribution < 1.29 is 9.59 Å². The van der Waals surface area contributed by atoms with E-state index < -0.39 is 0 Å². The van der Waals surface area contributed by atoms with Crippen molar-refractivity contribution in [1.82, 2.24) is 10.2 Å². The zero-order chi connectivity index (χ0) is 22.5. The Morgan fingerprint density at radius 1 is 1.16 bits per heavy atom. The molecule has 1 aliphatic heterocycles. The van der Waals surface area contributed by atoms with E-state index in [1.807, 2.05) is 53.4 Å². The van der Waals surface area contributed by atoms with Crippen molar-refractivity contribution in [3.63, 3.8) is 0 Å². The molecule has 0 spiro atoms. The van der Waals surface area contributed by atoms with Crippen molar-refractivity contribution in [2.24, 2.45) is 0 Å². The second-order valence-electron chi connectivity index (χ2n) is 8.53. The zero-order valence-electron chi connectivity index (χ0n) is 18.4. The van der Waals surface area contributed by atoms with Gasteiger partial charge in [-0.3, -0.25) is 9.59 Å². The molecule has 1 N–H and O–H groups in total. The van der Waals surface area contributed by atoms with E-state index in [9.17, 15) is 9.59 Å². The highest BCUT2D eigenvalue weighted by Crippen LogP contribution is 2.42. The van der Waals surface area contributed by atoms with E-state index >= 15 is 0 Å². The number of benzene rings is 2. The van der Waals surface area contributed by atoms with Gasteiger partial charge >= 0.3 is 0 Å². The molecular weight excluding hydrogens is 440 g/mol. The molecule has 1 aliphatic carbocycles. The number of fused-ring (bicyclic) bond motifs is 1. The van der Waals surface area contributed by atoms with Crippen LogP contribution in [0.5, 0.6) is 0 Å². The van der Waals surface area contributed by atoms with Gasteiger partial charge in [0.25, 0.3) is 5.91 Å². The number of nitrogens with one attached hydrogen (secondary N) is 1. The fourth-order valence-corrected chi connectivity index (χ4v) is 6.05. The van der Waals surface area contributed by atoms with Gasteiger partial charge in [0.1, 0.15) is 6.54 Å². The summed E-state index contributed by atoms with van der Waals surface area (Å²) in [6, 6.07) is 15.9. The summed E-state index contributed by atoms with van der Waals surface area (Å²) in [5.74, 6) is -0.118. The zero-order valence-corrected chi connectivity index (χ0v) is 19.9. The van der Waals surface area contributed by atoms with Crippen LogP contribution in [-0.2, 0) is 16.0 Å². The number of hydrogen-bond donors (Lipinski definition) is 1. The largest absolute Gasteiger partial charge is 0.354 e. The van der Waals surface area contributed by atoms with Gasteiger partial charge in [0.05, 0.1) is 4.91 Å². The number of hydrogen-bond acceptors (Lipinski definition) is 3. The van der Waals surface area contributed by atoms with E-state index in [-0.39, 0.29) is 24.4 Å². The molecule has 2 aliphatic rings. The van der Waals surface area contributed by atoms with Crippen LogP contribution in [-0.4, -0.2) is 41.1 Å². The molecule has 1 saturated carbocycles. The Morgan fingerprint density at radius 2 is 1.91 bits per heavy atom. The lowest BCUT2D eigenvalue weighted by Gasteiger charge is -2.43. The molecule has 2 amide bonds. The quantitative estimate of drug-likeness (QED) is 0.590. The fourth-order valence-electron chi connectivity index (χ4n) is 4.46. The smallest absolute Gasteiger partial charge is 0.261 e. The maximum absolute atomic E-state index is 13.4. The van der Waals surface area contributed by atoms with E-state index in [2.05, 4.69) is 18.3 Å². The molecule has 2 atom stereocenters. The lowest BCUT2D eigenvalue weighted by molar-refractivity contribution is -0.135. The van der Waals surface area contributed by atoms with Gasteiger partial charge in [0.2, 0.25) is 5.91 Å². The number of amides is 2. The van der Waals surface area contributed by atoms with E-state index in [0.717, 1.165) is 47.3 Å². The molecule has 2 aromatic rings. The second kappa shape index (κ2) is 10.6. The van der Waals surface area contributed by atoms with Crippen LogP contribution in [0.3, 0.4) is 0 Å². The van der Waals surface area contributed by atoms with E-state index in [1.165, 1.54) is 6.42 Å². The number of aryl methyl sites for hydroxylation is 1. The Bertz CT molecular complexity index is 1010. The van der Waals surface area contributed by atoms with Gasteiger partial charge < -0.3 is 10.2 Å². The maximum atomic E-state index is 13.4. The van der Waals surface area contributed by atoms with Gasteiger partial charge in [-0.25, -0.2) is 0 Å². The summed E-state index contributed by atoms with van der Waals surface area (Å²) >= 11 is 7.63. The Labute approximate surface area is 199 Å². The highest BCUT2D eigenvalue weighted by Gasteiger charge is 2.41. The van der Waals surface area contributed by atoms with E-state index in [1.54, 1.807) is 11.8 Å². The first-order valence-electron chi connectivity index (χ1n) is 11.3. The number of nitrogens with zero attached hydrogens (tertiary/aromatic N) is 1. The van der Waals surface area contributed by atoms with Crippen LogP contribution in [0.4, 0.5) is 0 Å². The third kappa shape index (κ3) is 5.57. The van der Waals surface area contributed by atoms with Crippen LogP contribution in [0.1, 0.15) is 42.4 Å². The number of thioether (sulfide) groups is 1. The van der Waals surface area contributed by atoms with Crippen LogP contribution >= 0.6 is 23.4 Å². The fraction of sp³-hybridized carbons (Fsp3) is 0.385. The highest BCUT2D eigenvalue weighted by atomic mass is 35.5. The molecule has 2 unspecified atom stereocenters. The third-order valence-electron chi connectivity index (χ3n) is 6.26. The van der Waals surface area contributed by atoms with Gasteiger partial charge in [-0.2, -0.15) is 0 Å². The summed E-state index contributed by atoms with van der Waals surface area (Å²) < 4.78 is 0. The standard InChI is InChI=1S/C26H29ClN2O2S/c1-18-6-2-3-7-20(18)16-24-26(31)29(22-8-4-5-9-23(22)32-24)17-25(30)28-15-14-19-10-12-21(27)13-11-19/h2-3,6-7,10-13,16,22-23H,4-5,8-9,14-15,17H2,1H3,(H,28,30)/b24-16-. The normalized spacial score (nSPS) is 22.0. The Kier molecular flexibility index (Phi) is 7.59. The van der Waals surface area contributed by atoms with Crippen molar-refractivity contribution in [2.45, 2.75) is 50.3 Å². The number of carbonyl (C=O) groups is 2. The van der Waals surface area contributed by atoms with Crippen LogP contribution in [0.25, 0.3) is 6.08 Å². The second-order valence-corrected chi connectivity index (χ2v) is 10.3. The predicted molar refractivity (Wildman–Crippen MR) is 133 cm³/mol. The molecule has 1 saturated heterocycles. The van der Waals surface area contributed by atoms with Crippen LogP contribution in [0.2, 0.25) is 5.02 Å². The Balaban J connectivity index is 1.44. The van der Waals surface area contributed by atoms with Gasteiger partial charge in [-0.05, 0) is 61.1 Å². The summed E-state index contributed by atoms with van der Waals surface area (Å²) in [7, 11) is 0. The van der Waals surface area contributed by atoms with E-state index in [0.29, 0.717) is 16.8 Å². The Morgan fingerprint density at radius 3 is 2.69 bits per heavy atom. The lowest BCUT2D eigenvalue weighted by Crippen LogP contribution is -2.54. The number of halogens is 1. The molecule has 1 heterocycles. The summed E-state index contributed by atoms with van der Waals surface area (Å²) in [6.45, 7) is 2.71. The third-order valence-corrected chi connectivity index (χ3v) is 7.91. The van der Waals surface area contributed by atoms with Crippen LogP contribution < -0.4 is 5.32 Å². The number of carbonyl (C=O) groups excluding carboxylic acids is 2. The summed E-state index contributed by atoms with van der Waals surface area (Å²) in [4.78, 5) is 28.7. The maximum Gasteiger partial charge on any atom is 0.261 e. The van der Waals surface area contributed by atoms with Crippen LogP contribution in [0.15, 0.2) is 53.4 Å². The lowest BCUT2D eigenvalue weighted by atomic mass is 9.93. The molecule has 2 fully saturated rings. The van der Waals surface area contributed by atoms with Crippen molar-refractivity contribution in [3.8, 4) is 0 Å². The minimum absolute atomic E-state index is 0.0192. The average molecular weight is 469 g/mol. The molecule has 0 aromatic heterocycles. The molecule has 32 heavy (non-hydrogen) atoms. The predicted octanol–water partition coefficient (Wildman–Crippen LogP) is 5.23. The molecule has 0 bridgehead atoms. The van der Waals surface area contributed by atoms with Gasteiger partial charge in [-0.1, -0.05) is 60.8 Å². The summed E-state index contributed by atoms with van der Waals surface area (Å²) in [5.41, 5.74) is 3.33. The van der Waals surface area contributed by atoms with Crippen molar-refractivity contribution in [1.29, 1.82) is 0 Å².